The van der Waals surface area contributed by atoms with Gasteiger partial charge in [0.2, 0.25) is 0 Å². The molecule has 2 aromatic carbocycles. The van der Waals surface area contributed by atoms with Gasteiger partial charge in [-0.05, 0) is 52.5 Å². The molecule has 3 nitrogen and oxygen atoms in total. The molecule has 21 heavy (non-hydrogen) atoms. The third kappa shape index (κ3) is 3.82. The molecule has 3 N–H and O–H groups in total. The van der Waals surface area contributed by atoms with Crippen LogP contribution < -0.4 is 11.1 Å². The topological polar surface area (TPSA) is 55.1 Å². The monoisotopic (exact) mass is 350 g/mol. The minimum absolute atomic E-state index is 0.0396. The molecular weight excluding hydrogens is 335 g/mol. The maximum Gasteiger partial charge on any atom is 0.252 e. The van der Waals surface area contributed by atoms with Crippen molar-refractivity contribution in [1.29, 1.82) is 0 Å². The number of nitrogens with one attached hydrogen (secondary N) is 1. The third-order valence-corrected chi connectivity index (χ3v) is 3.93. The Bertz CT molecular complexity index is 673. The van der Waals surface area contributed by atoms with Gasteiger partial charge >= 0.3 is 0 Å². The summed E-state index contributed by atoms with van der Waals surface area (Å²) in [5, 5.41) is 2.82. The van der Waals surface area contributed by atoms with Crippen LogP contribution in [0.1, 0.15) is 21.5 Å². The van der Waals surface area contributed by atoms with Gasteiger partial charge in [0.15, 0.2) is 0 Å². The van der Waals surface area contributed by atoms with Gasteiger partial charge in [-0.25, -0.2) is 4.39 Å². The molecule has 2 aromatic rings. The van der Waals surface area contributed by atoms with Crippen LogP contribution in [0.4, 0.5) is 10.1 Å². The molecule has 2 rings (SSSR count). The SMILES string of the molecule is Cc1ccccc1CCNC(=O)c1cc(N)c(F)cc1Br. The van der Waals surface area contributed by atoms with E-state index in [1.54, 1.807) is 0 Å². The van der Waals surface area contributed by atoms with Crippen molar-refractivity contribution in [3.8, 4) is 0 Å². The van der Waals surface area contributed by atoms with Crippen molar-refractivity contribution < 1.29 is 9.18 Å². The average molecular weight is 351 g/mol. The lowest BCUT2D eigenvalue weighted by atomic mass is 10.1. The van der Waals surface area contributed by atoms with Gasteiger partial charge < -0.3 is 11.1 Å². The second-order valence-electron chi connectivity index (χ2n) is 4.79. The van der Waals surface area contributed by atoms with Crippen molar-refractivity contribution >= 4 is 27.5 Å². The van der Waals surface area contributed by atoms with Crippen LogP contribution in [0.5, 0.6) is 0 Å². The second kappa shape index (κ2) is 6.72. The molecule has 0 radical (unpaired) electrons. The Kier molecular flexibility index (Phi) is 4.96. The Balaban J connectivity index is 2.00. The zero-order valence-corrected chi connectivity index (χ0v) is 13.2. The summed E-state index contributed by atoms with van der Waals surface area (Å²) in [6.07, 6.45) is 0.743. The number of nitrogen functional groups attached to an aromatic ring is 1. The lowest BCUT2D eigenvalue weighted by Gasteiger charge is -2.09. The fourth-order valence-corrected chi connectivity index (χ4v) is 2.53. The number of amides is 1. The molecule has 0 heterocycles. The summed E-state index contributed by atoms with van der Waals surface area (Å²) in [5.41, 5.74) is 8.17. The van der Waals surface area contributed by atoms with Crippen LogP contribution in [0, 0.1) is 12.7 Å². The zero-order valence-electron chi connectivity index (χ0n) is 11.6. The molecule has 0 aliphatic carbocycles. The Hall–Kier alpha value is -1.88. The first-order chi connectivity index (χ1) is 9.99. The number of hydrogen-bond acceptors (Lipinski definition) is 2. The maximum atomic E-state index is 13.3. The van der Waals surface area contributed by atoms with Crippen molar-refractivity contribution in [3.05, 3.63) is 63.4 Å². The number of rotatable bonds is 4. The van der Waals surface area contributed by atoms with Crippen LogP contribution >= 0.6 is 15.9 Å². The van der Waals surface area contributed by atoms with E-state index in [4.69, 9.17) is 5.73 Å². The Morgan fingerprint density at radius 1 is 1.33 bits per heavy atom. The van der Waals surface area contributed by atoms with Crippen LogP contribution in [0.2, 0.25) is 0 Å². The van der Waals surface area contributed by atoms with E-state index in [1.165, 1.54) is 23.3 Å². The highest BCUT2D eigenvalue weighted by Gasteiger charge is 2.13. The summed E-state index contributed by atoms with van der Waals surface area (Å²) < 4.78 is 13.6. The van der Waals surface area contributed by atoms with Crippen molar-refractivity contribution in [2.45, 2.75) is 13.3 Å². The van der Waals surface area contributed by atoms with E-state index in [1.807, 2.05) is 31.2 Å². The predicted octanol–water partition coefficient (Wildman–Crippen LogP) is 3.45. The van der Waals surface area contributed by atoms with Crippen LogP contribution in [-0.2, 0) is 6.42 Å². The number of hydrogen-bond donors (Lipinski definition) is 2. The molecule has 110 valence electrons. The van der Waals surface area contributed by atoms with Crippen LogP contribution in [0.25, 0.3) is 0 Å². The molecule has 0 aliphatic heterocycles. The molecule has 1 amide bonds. The summed E-state index contributed by atoms with van der Waals surface area (Å²) in [6.45, 7) is 2.54. The minimum atomic E-state index is -0.543. The molecule has 5 heteroatoms. The number of aryl methyl sites for hydroxylation is 1. The van der Waals surface area contributed by atoms with Gasteiger partial charge in [-0.2, -0.15) is 0 Å². The smallest absolute Gasteiger partial charge is 0.252 e. The highest BCUT2D eigenvalue weighted by Crippen LogP contribution is 2.22. The summed E-state index contributed by atoms with van der Waals surface area (Å²) in [7, 11) is 0. The third-order valence-electron chi connectivity index (χ3n) is 3.27. The predicted molar refractivity (Wildman–Crippen MR) is 85.7 cm³/mol. The molecule has 0 saturated heterocycles. The molecule has 0 spiro atoms. The summed E-state index contributed by atoms with van der Waals surface area (Å²) in [4.78, 5) is 12.1. The summed E-state index contributed by atoms with van der Waals surface area (Å²) in [6, 6.07) is 10.6. The first kappa shape index (κ1) is 15.5. The van der Waals surface area contributed by atoms with Crippen LogP contribution in [0.15, 0.2) is 40.9 Å². The Labute approximate surface area is 131 Å². The largest absolute Gasteiger partial charge is 0.396 e. The quantitative estimate of drug-likeness (QED) is 0.829. The molecule has 0 aliphatic rings. The average Bonchev–Trinajstić information content (AvgIpc) is 2.44. The van der Waals surface area contributed by atoms with E-state index in [0.717, 1.165) is 6.42 Å². The Morgan fingerprint density at radius 2 is 2.05 bits per heavy atom. The molecule has 0 unspecified atom stereocenters. The highest BCUT2D eigenvalue weighted by molar-refractivity contribution is 9.10. The van der Waals surface area contributed by atoms with Gasteiger partial charge in [0, 0.05) is 11.0 Å². The fraction of sp³-hybridized carbons (Fsp3) is 0.188. The molecule has 0 aromatic heterocycles. The van der Waals surface area contributed by atoms with Gasteiger partial charge in [0.05, 0.1) is 11.3 Å². The number of nitrogens with two attached hydrogens (primary N) is 1. The van der Waals surface area contributed by atoms with Crippen molar-refractivity contribution in [3.63, 3.8) is 0 Å². The number of carbonyl (C=O) groups is 1. The summed E-state index contributed by atoms with van der Waals surface area (Å²) in [5.74, 6) is -0.819. The normalized spacial score (nSPS) is 10.4. The first-order valence-corrected chi connectivity index (χ1v) is 7.35. The fourth-order valence-electron chi connectivity index (χ4n) is 2.04. The number of anilines is 1. The van der Waals surface area contributed by atoms with E-state index in [-0.39, 0.29) is 11.6 Å². The van der Waals surface area contributed by atoms with Gasteiger partial charge in [-0.3, -0.25) is 4.79 Å². The molecule has 0 fully saturated rings. The van der Waals surface area contributed by atoms with Crippen LogP contribution in [-0.4, -0.2) is 12.5 Å². The molecule has 0 atom stereocenters. The molecule has 0 bridgehead atoms. The lowest BCUT2D eigenvalue weighted by molar-refractivity contribution is 0.0953. The molecular formula is C16H16BrFN2O. The van der Waals surface area contributed by atoms with E-state index in [0.29, 0.717) is 16.6 Å². The van der Waals surface area contributed by atoms with E-state index in [2.05, 4.69) is 21.2 Å². The van der Waals surface area contributed by atoms with Gasteiger partial charge in [0.25, 0.3) is 5.91 Å². The number of benzene rings is 2. The van der Waals surface area contributed by atoms with E-state index >= 15 is 0 Å². The second-order valence-corrected chi connectivity index (χ2v) is 5.64. The number of carbonyl (C=O) groups excluding carboxylic acids is 1. The van der Waals surface area contributed by atoms with Crippen molar-refractivity contribution in [1.82, 2.24) is 5.32 Å². The Morgan fingerprint density at radius 3 is 2.76 bits per heavy atom. The van der Waals surface area contributed by atoms with Gasteiger partial charge in [-0.15, -0.1) is 0 Å². The maximum absolute atomic E-state index is 13.3. The molecule has 0 saturated carbocycles. The van der Waals surface area contributed by atoms with Crippen LogP contribution in [0.3, 0.4) is 0 Å². The zero-order chi connectivity index (χ0) is 15.4. The van der Waals surface area contributed by atoms with E-state index in [9.17, 15) is 9.18 Å². The van der Waals surface area contributed by atoms with Crippen molar-refractivity contribution in [2.75, 3.05) is 12.3 Å². The number of halogens is 2. The summed E-state index contributed by atoms with van der Waals surface area (Å²) >= 11 is 3.17. The van der Waals surface area contributed by atoms with Crippen molar-refractivity contribution in [2.24, 2.45) is 0 Å². The lowest BCUT2D eigenvalue weighted by Crippen LogP contribution is -2.26. The highest BCUT2D eigenvalue weighted by atomic mass is 79.9. The minimum Gasteiger partial charge on any atom is -0.396 e. The first-order valence-electron chi connectivity index (χ1n) is 6.56. The standard InChI is InChI=1S/C16H16BrFN2O/c1-10-4-2-3-5-11(10)6-7-20-16(21)12-8-15(19)14(18)9-13(12)17/h2-5,8-9H,6-7,19H2,1H3,(H,20,21). The van der Waals surface area contributed by atoms with Gasteiger partial charge in [0.1, 0.15) is 5.82 Å². The van der Waals surface area contributed by atoms with Gasteiger partial charge in [-0.1, -0.05) is 24.3 Å². The van der Waals surface area contributed by atoms with E-state index < -0.39 is 5.82 Å².